The standard InChI is InChI=1S/C16H32N2O4/c1-3-5-7-9-11-17-15(21)13(19)14(20)16(22)18-12-10-8-6-4-2/h13-14,19-20H,3-12H2,1-2H3,(H,17,21)(H,18,22)/t13-,14-/m0/s1. The summed E-state index contributed by atoms with van der Waals surface area (Å²) >= 11 is 0. The Morgan fingerprint density at radius 1 is 0.727 bits per heavy atom. The second-order valence-corrected chi connectivity index (χ2v) is 5.59. The van der Waals surface area contributed by atoms with Crippen LogP contribution >= 0.6 is 0 Å². The van der Waals surface area contributed by atoms with E-state index in [2.05, 4.69) is 24.5 Å². The normalized spacial score (nSPS) is 13.5. The van der Waals surface area contributed by atoms with Crippen LogP contribution in [-0.4, -0.2) is 47.3 Å². The Balaban J connectivity index is 3.88. The minimum absolute atomic E-state index is 0.446. The van der Waals surface area contributed by atoms with E-state index in [1.54, 1.807) is 0 Å². The molecule has 0 aliphatic carbocycles. The second-order valence-electron chi connectivity index (χ2n) is 5.59. The third kappa shape index (κ3) is 9.73. The number of carbonyl (C=O) groups excluding carboxylic acids is 2. The van der Waals surface area contributed by atoms with Crippen molar-refractivity contribution in [3.63, 3.8) is 0 Å². The lowest BCUT2D eigenvalue weighted by atomic mass is 10.1. The zero-order valence-electron chi connectivity index (χ0n) is 13.9. The molecule has 0 bridgehead atoms. The van der Waals surface area contributed by atoms with E-state index >= 15 is 0 Å². The number of rotatable bonds is 13. The molecule has 130 valence electrons. The van der Waals surface area contributed by atoms with Gasteiger partial charge in [-0.15, -0.1) is 0 Å². The minimum Gasteiger partial charge on any atom is -0.380 e. The fourth-order valence-electron chi connectivity index (χ4n) is 2.02. The lowest BCUT2D eigenvalue weighted by Gasteiger charge is -2.17. The van der Waals surface area contributed by atoms with E-state index in [-0.39, 0.29) is 0 Å². The van der Waals surface area contributed by atoms with E-state index in [1.807, 2.05) is 0 Å². The van der Waals surface area contributed by atoms with E-state index in [9.17, 15) is 19.8 Å². The quantitative estimate of drug-likeness (QED) is 0.382. The lowest BCUT2D eigenvalue weighted by molar-refractivity contribution is -0.146. The van der Waals surface area contributed by atoms with Gasteiger partial charge in [-0.1, -0.05) is 52.4 Å². The average Bonchev–Trinajstić information content (AvgIpc) is 2.52. The van der Waals surface area contributed by atoms with Gasteiger partial charge < -0.3 is 20.8 Å². The molecule has 4 N–H and O–H groups in total. The van der Waals surface area contributed by atoms with Crippen molar-refractivity contribution in [3.05, 3.63) is 0 Å². The first-order valence-electron chi connectivity index (χ1n) is 8.46. The van der Waals surface area contributed by atoms with Crippen molar-refractivity contribution in [1.29, 1.82) is 0 Å². The number of carbonyl (C=O) groups is 2. The molecule has 0 aromatic carbocycles. The molecule has 2 amide bonds. The molecule has 0 heterocycles. The Morgan fingerprint density at radius 3 is 1.41 bits per heavy atom. The van der Waals surface area contributed by atoms with Gasteiger partial charge in [0.1, 0.15) is 0 Å². The minimum atomic E-state index is -1.72. The topological polar surface area (TPSA) is 98.7 Å². The molecular weight excluding hydrogens is 284 g/mol. The van der Waals surface area contributed by atoms with Crippen LogP contribution in [0, 0.1) is 0 Å². The molecule has 0 aromatic rings. The van der Waals surface area contributed by atoms with E-state index in [1.165, 1.54) is 0 Å². The van der Waals surface area contributed by atoms with Gasteiger partial charge in [-0.2, -0.15) is 0 Å². The SMILES string of the molecule is CCCCCCNC(=O)[C@@H](O)[C@H](O)C(=O)NCCCCCC. The van der Waals surface area contributed by atoms with Crippen LogP contribution in [0.25, 0.3) is 0 Å². The van der Waals surface area contributed by atoms with Crippen LogP contribution in [0.5, 0.6) is 0 Å². The monoisotopic (exact) mass is 316 g/mol. The maximum atomic E-state index is 11.6. The summed E-state index contributed by atoms with van der Waals surface area (Å²) < 4.78 is 0. The van der Waals surface area contributed by atoms with Crippen molar-refractivity contribution in [1.82, 2.24) is 10.6 Å². The van der Waals surface area contributed by atoms with Crippen LogP contribution in [-0.2, 0) is 9.59 Å². The molecule has 0 aliphatic heterocycles. The van der Waals surface area contributed by atoms with Gasteiger partial charge in [-0.05, 0) is 12.8 Å². The van der Waals surface area contributed by atoms with Crippen LogP contribution in [0.1, 0.15) is 65.2 Å². The molecule has 22 heavy (non-hydrogen) atoms. The lowest BCUT2D eigenvalue weighted by Crippen LogP contribution is -2.49. The van der Waals surface area contributed by atoms with Crippen molar-refractivity contribution < 1.29 is 19.8 Å². The average molecular weight is 316 g/mol. The Hall–Kier alpha value is -1.14. The number of amides is 2. The molecule has 0 unspecified atom stereocenters. The van der Waals surface area contributed by atoms with Crippen LogP contribution in [0.15, 0.2) is 0 Å². The van der Waals surface area contributed by atoms with Crippen molar-refractivity contribution in [3.8, 4) is 0 Å². The molecule has 0 spiro atoms. The molecule has 6 heteroatoms. The molecule has 0 aliphatic rings. The van der Waals surface area contributed by atoms with Gasteiger partial charge in [-0.3, -0.25) is 9.59 Å². The molecule has 6 nitrogen and oxygen atoms in total. The summed E-state index contributed by atoms with van der Waals surface area (Å²) in [7, 11) is 0. The Labute approximate surface area is 133 Å². The van der Waals surface area contributed by atoms with Gasteiger partial charge in [0.2, 0.25) is 0 Å². The summed E-state index contributed by atoms with van der Waals surface area (Å²) in [6.45, 7) is 5.08. The first kappa shape index (κ1) is 20.9. The fourth-order valence-corrected chi connectivity index (χ4v) is 2.02. The van der Waals surface area contributed by atoms with Crippen LogP contribution < -0.4 is 10.6 Å². The summed E-state index contributed by atoms with van der Waals surface area (Å²) in [5, 5.41) is 24.4. The summed E-state index contributed by atoms with van der Waals surface area (Å²) in [5.41, 5.74) is 0. The highest BCUT2D eigenvalue weighted by molar-refractivity contribution is 5.90. The Kier molecular flexibility index (Phi) is 12.8. The number of hydrogen-bond acceptors (Lipinski definition) is 4. The second kappa shape index (κ2) is 13.5. The Bertz CT molecular complexity index is 281. The predicted octanol–water partition coefficient (Wildman–Crippen LogP) is 1.10. The third-order valence-corrected chi connectivity index (χ3v) is 3.50. The van der Waals surface area contributed by atoms with Gasteiger partial charge in [0.05, 0.1) is 0 Å². The highest BCUT2D eigenvalue weighted by Crippen LogP contribution is 2.00. The van der Waals surface area contributed by atoms with Crippen LogP contribution in [0.4, 0.5) is 0 Å². The zero-order chi connectivity index (χ0) is 16.8. The number of unbranched alkanes of at least 4 members (excludes halogenated alkanes) is 6. The van der Waals surface area contributed by atoms with Gasteiger partial charge >= 0.3 is 0 Å². The van der Waals surface area contributed by atoms with Crippen molar-refractivity contribution in [2.75, 3.05) is 13.1 Å². The van der Waals surface area contributed by atoms with E-state index < -0.39 is 24.0 Å². The molecular formula is C16H32N2O4. The molecule has 0 saturated heterocycles. The van der Waals surface area contributed by atoms with E-state index in [4.69, 9.17) is 0 Å². The molecule has 0 rings (SSSR count). The Morgan fingerprint density at radius 2 is 1.09 bits per heavy atom. The summed E-state index contributed by atoms with van der Waals surface area (Å²) in [6, 6.07) is 0. The van der Waals surface area contributed by atoms with Gasteiger partial charge in [0.15, 0.2) is 12.2 Å². The number of hydrogen-bond donors (Lipinski definition) is 4. The first-order chi connectivity index (χ1) is 10.5. The molecule has 0 fully saturated rings. The summed E-state index contributed by atoms with van der Waals surface area (Å²) in [6.07, 6.45) is 4.63. The smallest absolute Gasteiger partial charge is 0.252 e. The van der Waals surface area contributed by atoms with Gasteiger partial charge in [0.25, 0.3) is 11.8 Å². The number of nitrogens with one attached hydrogen (secondary N) is 2. The van der Waals surface area contributed by atoms with Gasteiger partial charge in [0, 0.05) is 13.1 Å². The van der Waals surface area contributed by atoms with Crippen molar-refractivity contribution >= 4 is 11.8 Å². The maximum Gasteiger partial charge on any atom is 0.252 e. The number of aliphatic hydroxyl groups is 2. The fraction of sp³-hybridized carbons (Fsp3) is 0.875. The van der Waals surface area contributed by atoms with E-state index in [0.29, 0.717) is 13.1 Å². The number of aliphatic hydroxyl groups excluding tert-OH is 2. The molecule has 2 atom stereocenters. The van der Waals surface area contributed by atoms with Crippen LogP contribution in [0.2, 0.25) is 0 Å². The maximum absolute atomic E-state index is 11.6. The molecule has 0 aromatic heterocycles. The predicted molar refractivity (Wildman–Crippen MR) is 86.3 cm³/mol. The molecule has 0 saturated carbocycles. The largest absolute Gasteiger partial charge is 0.380 e. The highest BCUT2D eigenvalue weighted by atomic mass is 16.3. The van der Waals surface area contributed by atoms with Gasteiger partial charge in [-0.25, -0.2) is 0 Å². The van der Waals surface area contributed by atoms with E-state index in [0.717, 1.165) is 51.4 Å². The highest BCUT2D eigenvalue weighted by Gasteiger charge is 2.29. The van der Waals surface area contributed by atoms with Crippen molar-refractivity contribution in [2.24, 2.45) is 0 Å². The third-order valence-electron chi connectivity index (χ3n) is 3.50. The van der Waals surface area contributed by atoms with Crippen LogP contribution in [0.3, 0.4) is 0 Å². The van der Waals surface area contributed by atoms with Crippen molar-refractivity contribution in [2.45, 2.75) is 77.4 Å². The summed E-state index contributed by atoms with van der Waals surface area (Å²) in [5.74, 6) is -1.41. The first-order valence-corrected chi connectivity index (χ1v) is 8.46. The zero-order valence-corrected chi connectivity index (χ0v) is 13.9. The molecule has 0 radical (unpaired) electrons. The summed E-state index contributed by atoms with van der Waals surface area (Å²) in [4.78, 5) is 23.3.